The Morgan fingerprint density at radius 2 is 1.86 bits per heavy atom. The Bertz CT molecular complexity index is 1280. The minimum atomic E-state index is 0.107. The first-order valence-electron chi connectivity index (χ1n) is 12.9. The van der Waals surface area contributed by atoms with Crippen LogP contribution in [-0.2, 0) is 17.7 Å². The van der Waals surface area contributed by atoms with Gasteiger partial charge in [-0.2, -0.15) is 5.26 Å². The fourth-order valence-corrected chi connectivity index (χ4v) is 5.70. The number of rotatable bonds is 4. The first kappa shape index (κ1) is 23.1. The monoisotopic (exact) mass is 484 g/mol. The molecule has 0 radical (unpaired) electrons. The smallest absolute Gasteiger partial charge is 0.128 e. The van der Waals surface area contributed by atoms with Crippen molar-refractivity contribution in [3.05, 3.63) is 53.5 Å². The molecule has 9 heteroatoms. The Kier molecular flexibility index (Phi) is 6.40. The molecular weight excluding hydrogens is 452 g/mol. The highest BCUT2D eigenvalue weighted by atomic mass is 16.5. The quantitative estimate of drug-likeness (QED) is 0.596. The third-order valence-corrected chi connectivity index (χ3v) is 7.50. The molecule has 2 unspecified atom stereocenters. The van der Waals surface area contributed by atoms with E-state index in [9.17, 15) is 5.26 Å². The van der Waals surface area contributed by atoms with Crippen molar-refractivity contribution in [1.29, 1.82) is 5.26 Å². The van der Waals surface area contributed by atoms with Crippen molar-refractivity contribution >= 4 is 22.5 Å². The molecule has 1 N–H and O–H groups in total. The number of nitrogens with one attached hydrogen (secondary N) is 1. The summed E-state index contributed by atoms with van der Waals surface area (Å²) in [5.74, 6) is 1.10. The number of nitrogens with zero attached hydrogens (tertiary/aromatic N) is 7. The lowest BCUT2D eigenvalue weighted by Gasteiger charge is -2.42. The van der Waals surface area contributed by atoms with Crippen molar-refractivity contribution in [2.45, 2.75) is 32.1 Å². The lowest BCUT2D eigenvalue weighted by Crippen LogP contribution is -2.54. The molecule has 0 bridgehead atoms. The summed E-state index contributed by atoms with van der Waals surface area (Å²) < 4.78 is 6.37. The fraction of sp³-hybridized carbons (Fsp3) is 0.481. The van der Waals surface area contributed by atoms with Gasteiger partial charge in [-0.05, 0) is 49.2 Å². The largest absolute Gasteiger partial charge is 0.370 e. The van der Waals surface area contributed by atoms with Crippen LogP contribution in [-0.4, -0.2) is 84.4 Å². The van der Waals surface area contributed by atoms with Gasteiger partial charge in [-0.15, -0.1) is 0 Å². The Balaban J connectivity index is 1.11. The van der Waals surface area contributed by atoms with Crippen LogP contribution in [0.1, 0.15) is 23.6 Å². The maximum absolute atomic E-state index is 9.48. The van der Waals surface area contributed by atoms with Gasteiger partial charge in [-0.3, -0.25) is 14.9 Å². The fourth-order valence-electron chi connectivity index (χ4n) is 5.70. The van der Waals surface area contributed by atoms with Crippen LogP contribution in [0.5, 0.6) is 0 Å². The van der Waals surface area contributed by atoms with Crippen LogP contribution < -0.4 is 15.1 Å². The van der Waals surface area contributed by atoms with E-state index in [1.165, 1.54) is 11.1 Å². The minimum Gasteiger partial charge on any atom is -0.370 e. The van der Waals surface area contributed by atoms with E-state index < -0.39 is 0 Å². The molecule has 3 aliphatic heterocycles. The summed E-state index contributed by atoms with van der Waals surface area (Å²) in [5.41, 5.74) is 5.79. The van der Waals surface area contributed by atoms with E-state index in [1.807, 2.05) is 12.1 Å². The molecular formula is C27H32N8O. The number of aromatic nitrogens is 3. The van der Waals surface area contributed by atoms with Crippen LogP contribution in [0.15, 0.2) is 36.8 Å². The van der Waals surface area contributed by atoms with Gasteiger partial charge in [-0.1, -0.05) is 0 Å². The van der Waals surface area contributed by atoms with Gasteiger partial charge in [0.15, 0.2) is 0 Å². The van der Waals surface area contributed by atoms with Crippen molar-refractivity contribution in [3.8, 4) is 6.07 Å². The number of fused-ring (bicyclic) bond motifs is 2. The summed E-state index contributed by atoms with van der Waals surface area (Å²) in [7, 11) is 0. The molecule has 2 aromatic heterocycles. The summed E-state index contributed by atoms with van der Waals surface area (Å²) in [6, 6.07) is 8.36. The lowest BCUT2D eigenvalue weighted by molar-refractivity contribution is -0.0327. The molecule has 36 heavy (non-hydrogen) atoms. The zero-order chi connectivity index (χ0) is 24.5. The molecule has 2 saturated heterocycles. The van der Waals surface area contributed by atoms with E-state index >= 15 is 0 Å². The standard InChI is InChI=1S/C27H32N8O/c1-19-16-35(24-3-2-20(13-28)26-27(24)31-7-6-30-26)18-23(36-19)17-33-8-10-34(11-9-33)25-12-22-14-29-5-4-21(22)15-32-25/h2-3,6-7,12,15,19,23,29H,4-5,8-11,14,16-18H2,1H3. The molecule has 0 amide bonds. The first-order valence-corrected chi connectivity index (χ1v) is 12.9. The summed E-state index contributed by atoms with van der Waals surface area (Å²) in [6.45, 7) is 10.5. The maximum atomic E-state index is 9.48. The molecule has 0 aliphatic carbocycles. The van der Waals surface area contributed by atoms with Crippen LogP contribution >= 0.6 is 0 Å². The second kappa shape index (κ2) is 9.97. The molecule has 2 fully saturated rings. The number of benzene rings is 1. The highest BCUT2D eigenvalue weighted by Crippen LogP contribution is 2.29. The van der Waals surface area contributed by atoms with Crippen LogP contribution in [0.3, 0.4) is 0 Å². The zero-order valence-electron chi connectivity index (χ0n) is 20.7. The minimum absolute atomic E-state index is 0.107. The molecule has 3 aliphatic rings. The van der Waals surface area contributed by atoms with Crippen LogP contribution in [0.4, 0.5) is 11.5 Å². The first-order chi connectivity index (χ1) is 17.7. The Morgan fingerprint density at radius 1 is 1.03 bits per heavy atom. The molecule has 0 saturated carbocycles. The van der Waals surface area contributed by atoms with Crippen molar-refractivity contribution < 1.29 is 4.74 Å². The van der Waals surface area contributed by atoms with Gasteiger partial charge in [0.2, 0.25) is 0 Å². The number of piperazine rings is 1. The number of nitriles is 1. The number of pyridine rings is 1. The van der Waals surface area contributed by atoms with E-state index in [0.29, 0.717) is 11.1 Å². The van der Waals surface area contributed by atoms with Crippen LogP contribution in [0, 0.1) is 11.3 Å². The van der Waals surface area contributed by atoms with Gasteiger partial charge >= 0.3 is 0 Å². The van der Waals surface area contributed by atoms with Crippen LogP contribution in [0.2, 0.25) is 0 Å². The van der Waals surface area contributed by atoms with Crippen molar-refractivity contribution in [2.75, 3.05) is 62.2 Å². The van der Waals surface area contributed by atoms with Gasteiger partial charge in [0, 0.05) is 70.9 Å². The topological polar surface area (TPSA) is 93.4 Å². The molecule has 3 aromatic rings. The molecule has 0 spiro atoms. The summed E-state index contributed by atoms with van der Waals surface area (Å²) in [4.78, 5) is 21.0. The number of ether oxygens (including phenoxy) is 1. The van der Waals surface area contributed by atoms with Gasteiger partial charge < -0.3 is 19.9 Å². The summed E-state index contributed by atoms with van der Waals surface area (Å²) >= 11 is 0. The maximum Gasteiger partial charge on any atom is 0.128 e. The van der Waals surface area contributed by atoms with E-state index in [4.69, 9.17) is 9.72 Å². The molecule has 5 heterocycles. The SMILES string of the molecule is CC1CN(c2ccc(C#N)c3nccnc23)CC(CN2CCN(c3cc4c(cn3)CCNC4)CC2)O1. The number of hydrogen-bond donors (Lipinski definition) is 1. The number of hydrogen-bond acceptors (Lipinski definition) is 9. The van der Waals surface area contributed by atoms with Crippen molar-refractivity contribution in [2.24, 2.45) is 0 Å². The molecule has 6 rings (SSSR count). The zero-order valence-corrected chi connectivity index (χ0v) is 20.7. The second-order valence-electron chi connectivity index (χ2n) is 10.00. The second-order valence-corrected chi connectivity index (χ2v) is 10.00. The van der Waals surface area contributed by atoms with E-state index in [-0.39, 0.29) is 12.2 Å². The van der Waals surface area contributed by atoms with Crippen LogP contribution in [0.25, 0.3) is 11.0 Å². The third-order valence-electron chi connectivity index (χ3n) is 7.50. The summed E-state index contributed by atoms with van der Waals surface area (Å²) in [5, 5.41) is 12.9. The Morgan fingerprint density at radius 3 is 2.69 bits per heavy atom. The van der Waals surface area contributed by atoms with Gasteiger partial charge in [-0.25, -0.2) is 4.98 Å². The van der Waals surface area contributed by atoms with E-state index in [1.54, 1.807) is 12.4 Å². The van der Waals surface area contributed by atoms with Gasteiger partial charge in [0.25, 0.3) is 0 Å². The van der Waals surface area contributed by atoms with Gasteiger partial charge in [0.1, 0.15) is 22.9 Å². The van der Waals surface area contributed by atoms with Crippen molar-refractivity contribution in [3.63, 3.8) is 0 Å². The molecule has 186 valence electrons. The van der Waals surface area contributed by atoms with E-state index in [2.05, 4.69) is 55.2 Å². The highest BCUT2D eigenvalue weighted by molar-refractivity contribution is 5.92. The Labute approximate surface area is 211 Å². The van der Waals surface area contributed by atoms with E-state index in [0.717, 1.165) is 82.3 Å². The highest BCUT2D eigenvalue weighted by Gasteiger charge is 2.30. The predicted molar refractivity (Wildman–Crippen MR) is 139 cm³/mol. The predicted octanol–water partition coefficient (Wildman–Crippen LogP) is 1.96. The third kappa shape index (κ3) is 4.60. The number of anilines is 2. The molecule has 9 nitrogen and oxygen atoms in total. The Hall–Kier alpha value is -3.32. The average molecular weight is 485 g/mol. The van der Waals surface area contributed by atoms with Crippen molar-refractivity contribution in [1.82, 2.24) is 25.2 Å². The van der Waals surface area contributed by atoms with Gasteiger partial charge in [0.05, 0.1) is 23.5 Å². The summed E-state index contributed by atoms with van der Waals surface area (Å²) in [6.07, 6.45) is 6.70. The molecule has 2 atom stereocenters. The average Bonchev–Trinajstić information content (AvgIpc) is 2.92. The number of morpholine rings is 1. The normalized spacial score (nSPS) is 22.9. The molecule has 1 aromatic carbocycles. The lowest BCUT2D eigenvalue weighted by atomic mass is 10.0.